The van der Waals surface area contributed by atoms with Crippen LogP contribution in [-0.2, 0) is 4.74 Å². The molecule has 0 bridgehead atoms. The molecule has 0 aliphatic carbocycles. The predicted octanol–water partition coefficient (Wildman–Crippen LogP) is 1.59. The van der Waals surface area contributed by atoms with Gasteiger partial charge in [-0.05, 0) is 33.3 Å². The average Bonchev–Trinajstić information content (AvgIpc) is 2.44. The zero-order chi connectivity index (χ0) is 17.6. The lowest BCUT2D eigenvalue weighted by Gasteiger charge is -2.22. The van der Waals surface area contributed by atoms with Crippen LogP contribution in [0.15, 0.2) is 18.2 Å². The average molecular weight is 326 g/mol. The maximum atomic E-state index is 11.5. The minimum Gasteiger partial charge on any atom is -0.497 e. The zero-order valence-electron chi connectivity index (χ0n) is 14.0. The molecule has 1 aromatic carbocycles. The van der Waals surface area contributed by atoms with Crippen molar-refractivity contribution in [2.24, 2.45) is 0 Å². The van der Waals surface area contributed by atoms with Crippen molar-refractivity contribution in [1.82, 2.24) is 5.32 Å². The van der Waals surface area contributed by atoms with Gasteiger partial charge in [-0.25, -0.2) is 4.79 Å². The molecule has 2 unspecified atom stereocenters. The molecule has 1 amide bonds. The fourth-order valence-corrected chi connectivity index (χ4v) is 1.95. The third-order valence-electron chi connectivity index (χ3n) is 3.09. The Hall–Kier alpha value is -1.99. The number of aliphatic hydroxyl groups is 2. The number of methoxy groups -OCH3 is 1. The molecule has 7 nitrogen and oxygen atoms in total. The molecule has 1 rings (SSSR count). The molecular formula is C16H26N2O5. The maximum absolute atomic E-state index is 11.5. The van der Waals surface area contributed by atoms with Crippen molar-refractivity contribution < 1.29 is 24.5 Å². The highest BCUT2D eigenvalue weighted by molar-refractivity contribution is 5.67. The number of hydrogen-bond donors (Lipinski definition) is 4. The van der Waals surface area contributed by atoms with Gasteiger partial charge in [0, 0.05) is 23.9 Å². The van der Waals surface area contributed by atoms with Crippen LogP contribution in [0.5, 0.6) is 5.75 Å². The van der Waals surface area contributed by atoms with Crippen LogP contribution in [-0.4, -0.2) is 41.7 Å². The summed E-state index contributed by atoms with van der Waals surface area (Å²) in [6, 6.07) is 4.83. The van der Waals surface area contributed by atoms with E-state index in [1.54, 1.807) is 39.0 Å². The smallest absolute Gasteiger partial charge is 0.407 e. The van der Waals surface area contributed by atoms with Gasteiger partial charge >= 0.3 is 6.09 Å². The lowest BCUT2D eigenvalue weighted by Crippen LogP contribution is -2.34. The van der Waals surface area contributed by atoms with Crippen molar-refractivity contribution in [2.75, 3.05) is 19.4 Å². The van der Waals surface area contributed by atoms with Crippen LogP contribution in [0.25, 0.3) is 0 Å². The Labute approximate surface area is 136 Å². The van der Waals surface area contributed by atoms with Crippen LogP contribution < -0.4 is 15.8 Å². The molecule has 1 aromatic rings. The van der Waals surface area contributed by atoms with Gasteiger partial charge in [0.25, 0.3) is 0 Å². The number of aliphatic hydroxyl groups excluding tert-OH is 2. The molecule has 0 heterocycles. The predicted molar refractivity (Wildman–Crippen MR) is 87.2 cm³/mol. The summed E-state index contributed by atoms with van der Waals surface area (Å²) in [5.74, 6) is 0.569. The van der Waals surface area contributed by atoms with Crippen molar-refractivity contribution in [1.29, 1.82) is 0 Å². The van der Waals surface area contributed by atoms with Crippen molar-refractivity contribution in [3.8, 4) is 5.75 Å². The van der Waals surface area contributed by atoms with E-state index in [0.717, 1.165) is 0 Å². The summed E-state index contributed by atoms with van der Waals surface area (Å²) in [5, 5.41) is 22.7. The number of anilines is 1. The first kappa shape index (κ1) is 19.1. The summed E-state index contributed by atoms with van der Waals surface area (Å²) in [6.45, 7) is 5.45. The number of carbonyl (C=O) groups excluding carboxylic acids is 1. The summed E-state index contributed by atoms with van der Waals surface area (Å²) >= 11 is 0. The topological polar surface area (TPSA) is 114 Å². The fraction of sp³-hybridized carbons (Fsp3) is 0.562. The first-order chi connectivity index (χ1) is 10.6. The number of nitrogens with two attached hydrogens (primary N) is 1. The Morgan fingerprint density at radius 2 is 2.00 bits per heavy atom. The van der Waals surface area contributed by atoms with Crippen LogP contribution in [0.3, 0.4) is 0 Å². The van der Waals surface area contributed by atoms with Crippen LogP contribution in [0.2, 0.25) is 0 Å². The SMILES string of the molecule is COc1ccc(C(O)C(O)CCNC(=O)OC(C)(C)C)c(N)c1. The number of rotatable bonds is 6. The lowest BCUT2D eigenvalue weighted by atomic mass is 10.0. The molecule has 0 spiro atoms. The molecule has 0 aromatic heterocycles. The second-order valence-corrected chi connectivity index (χ2v) is 6.22. The van der Waals surface area contributed by atoms with Crippen molar-refractivity contribution in [2.45, 2.75) is 45.0 Å². The molecule has 7 heteroatoms. The van der Waals surface area contributed by atoms with Gasteiger partial charge in [-0.2, -0.15) is 0 Å². The van der Waals surface area contributed by atoms with Crippen molar-refractivity contribution in [3.05, 3.63) is 23.8 Å². The number of alkyl carbamates (subject to hydrolysis) is 1. The highest BCUT2D eigenvalue weighted by Gasteiger charge is 2.21. The van der Waals surface area contributed by atoms with Gasteiger partial charge < -0.3 is 30.7 Å². The van der Waals surface area contributed by atoms with Crippen LogP contribution in [0.4, 0.5) is 10.5 Å². The molecular weight excluding hydrogens is 300 g/mol. The minimum atomic E-state index is -1.15. The monoisotopic (exact) mass is 326 g/mol. The quantitative estimate of drug-likeness (QED) is 0.590. The number of ether oxygens (including phenoxy) is 2. The summed E-state index contributed by atoms with van der Waals surface area (Å²) in [5.41, 5.74) is 6.00. The van der Waals surface area contributed by atoms with Gasteiger partial charge in [0.05, 0.1) is 13.2 Å². The molecule has 0 radical (unpaired) electrons. The number of nitrogens with one attached hydrogen (secondary N) is 1. The number of hydrogen-bond acceptors (Lipinski definition) is 6. The van der Waals surface area contributed by atoms with Crippen molar-refractivity contribution >= 4 is 11.8 Å². The second kappa shape index (κ2) is 8.03. The number of amides is 1. The van der Waals surface area contributed by atoms with E-state index in [2.05, 4.69) is 5.32 Å². The number of carbonyl (C=O) groups is 1. The Morgan fingerprint density at radius 1 is 1.35 bits per heavy atom. The van der Waals surface area contributed by atoms with Gasteiger partial charge in [0.1, 0.15) is 17.5 Å². The normalized spacial score (nSPS) is 14.0. The first-order valence-corrected chi connectivity index (χ1v) is 7.40. The molecule has 0 saturated heterocycles. The van der Waals surface area contributed by atoms with Gasteiger partial charge in [0.15, 0.2) is 0 Å². The van der Waals surface area contributed by atoms with Crippen LogP contribution in [0.1, 0.15) is 38.9 Å². The van der Waals surface area contributed by atoms with Crippen LogP contribution >= 0.6 is 0 Å². The van der Waals surface area contributed by atoms with Gasteiger partial charge in [-0.1, -0.05) is 6.07 Å². The van der Waals surface area contributed by atoms with E-state index in [1.165, 1.54) is 7.11 Å². The minimum absolute atomic E-state index is 0.159. The standard InChI is InChI=1S/C16H26N2O5/c1-16(2,3)23-15(21)18-8-7-13(19)14(20)11-6-5-10(22-4)9-12(11)17/h5-6,9,13-14,19-20H,7-8,17H2,1-4H3,(H,18,21). The van der Waals surface area contributed by atoms with E-state index in [0.29, 0.717) is 17.0 Å². The molecule has 0 aliphatic rings. The van der Waals surface area contributed by atoms with E-state index in [1.807, 2.05) is 0 Å². The van der Waals surface area contributed by atoms with E-state index in [4.69, 9.17) is 15.2 Å². The highest BCUT2D eigenvalue weighted by Crippen LogP contribution is 2.27. The van der Waals surface area contributed by atoms with Crippen molar-refractivity contribution in [3.63, 3.8) is 0 Å². The summed E-state index contributed by atoms with van der Waals surface area (Å²) in [6.07, 6.45) is -2.63. The fourth-order valence-electron chi connectivity index (χ4n) is 1.95. The van der Waals surface area contributed by atoms with Crippen LogP contribution in [0, 0.1) is 0 Å². The molecule has 130 valence electrons. The highest BCUT2D eigenvalue weighted by atomic mass is 16.6. The Kier molecular flexibility index (Phi) is 6.65. The molecule has 0 aliphatic heterocycles. The lowest BCUT2D eigenvalue weighted by molar-refractivity contribution is 0.0127. The Bertz CT molecular complexity index is 528. The summed E-state index contributed by atoms with van der Waals surface area (Å²) in [4.78, 5) is 11.5. The first-order valence-electron chi connectivity index (χ1n) is 7.40. The molecule has 2 atom stereocenters. The Morgan fingerprint density at radius 3 is 2.52 bits per heavy atom. The summed E-state index contributed by atoms with van der Waals surface area (Å²) in [7, 11) is 1.52. The number of benzene rings is 1. The Balaban J connectivity index is 2.51. The zero-order valence-corrected chi connectivity index (χ0v) is 14.0. The molecule has 0 saturated carbocycles. The third kappa shape index (κ3) is 6.33. The molecule has 0 fully saturated rings. The van der Waals surface area contributed by atoms with Gasteiger partial charge in [-0.3, -0.25) is 0 Å². The van der Waals surface area contributed by atoms with E-state index >= 15 is 0 Å². The number of nitrogen functional groups attached to an aromatic ring is 1. The van der Waals surface area contributed by atoms with E-state index in [9.17, 15) is 15.0 Å². The second-order valence-electron chi connectivity index (χ2n) is 6.22. The maximum Gasteiger partial charge on any atom is 0.407 e. The third-order valence-corrected chi connectivity index (χ3v) is 3.09. The molecule has 5 N–H and O–H groups in total. The van der Waals surface area contributed by atoms with E-state index < -0.39 is 23.9 Å². The molecule has 23 heavy (non-hydrogen) atoms. The van der Waals surface area contributed by atoms with Gasteiger partial charge in [-0.15, -0.1) is 0 Å². The largest absolute Gasteiger partial charge is 0.497 e. The van der Waals surface area contributed by atoms with E-state index in [-0.39, 0.29) is 13.0 Å². The van der Waals surface area contributed by atoms with Gasteiger partial charge in [0.2, 0.25) is 0 Å². The summed E-state index contributed by atoms with van der Waals surface area (Å²) < 4.78 is 10.1.